The lowest BCUT2D eigenvalue weighted by molar-refractivity contribution is -0.123. The largest absolute Gasteiger partial charge is 0.394 e. The Bertz CT molecular complexity index is 954. The summed E-state index contributed by atoms with van der Waals surface area (Å²) >= 11 is 0. The molecule has 0 rings (SSSR count). The SMILES string of the molecule is C/C=C/CC/C=C/CC/C=C/C(O)C(CO)NC(=O)CCCCCCCCCCCCCCCCCCC/C=C\CCCCCCCCCCCCCCCCCCCC. The van der Waals surface area contributed by atoms with Crippen molar-refractivity contribution in [3.05, 3.63) is 48.6 Å². The van der Waals surface area contributed by atoms with Gasteiger partial charge in [-0.3, -0.25) is 4.79 Å². The molecule has 3 N–H and O–H groups in total. The maximum atomic E-state index is 12.4. The highest BCUT2D eigenvalue weighted by molar-refractivity contribution is 5.76. The number of rotatable bonds is 49. The molecule has 0 bridgehead atoms. The lowest BCUT2D eigenvalue weighted by Gasteiger charge is -2.19. The van der Waals surface area contributed by atoms with Gasteiger partial charge in [-0.15, -0.1) is 0 Å². The molecule has 60 heavy (non-hydrogen) atoms. The third kappa shape index (κ3) is 47.4. The van der Waals surface area contributed by atoms with Crippen LogP contribution in [0.4, 0.5) is 0 Å². The molecule has 0 aromatic rings. The average molecular weight is 840 g/mol. The zero-order chi connectivity index (χ0) is 43.5. The highest BCUT2D eigenvalue weighted by Crippen LogP contribution is 2.17. The predicted octanol–water partition coefficient (Wildman–Crippen LogP) is 17.5. The van der Waals surface area contributed by atoms with E-state index in [4.69, 9.17) is 0 Å². The minimum atomic E-state index is -0.867. The van der Waals surface area contributed by atoms with E-state index in [1.165, 1.54) is 225 Å². The molecule has 0 saturated heterocycles. The molecule has 0 radical (unpaired) electrons. The van der Waals surface area contributed by atoms with Crippen LogP contribution in [-0.2, 0) is 4.79 Å². The minimum absolute atomic E-state index is 0.0789. The van der Waals surface area contributed by atoms with E-state index >= 15 is 0 Å². The van der Waals surface area contributed by atoms with Gasteiger partial charge in [0.25, 0.3) is 0 Å². The summed E-state index contributed by atoms with van der Waals surface area (Å²) in [6, 6.07) is -0.643. The van der Waals surface area contributed by atoms with Crippen LogP contribution in [0.1, 0.15) is 284 Å². The third-order valence-electron chi connectivity index (χ3n) is 12.4. The van der Waals surface area contributed by atoms with Crippen molar-refractivity contribution in [2.45, 2.75) is 296 Å². The Labute approximate surface area is 375 Å². The van der Waals surface area contributed by atoms with Gasteiger partial charge < -0.3 is 15.5 Å². The second-order valence-electron chi connectivity index (χ2n) is 18.3. The van der Waals surface area contributed by atoms with E-state index in [-0.39, 0.29) is 12.5 Å². The molecular weight excluding hydrogens is 735 g/mol. The summed E-state index contributed by atoms with van der Waals surface area (Å²) in [5.74, 6) is -0.0789. The first-order valence-corrected chi connectivity index (χ1v) is 26.8. The number of amides is 1. The van der Waals surface area contributed by atoms with Crippen molar-refractivity contribution in [2.75, 3.05) is 6.61 Å². The zero-order valence-corrected chi connectivity index (χ0v) is 40.5. The molecular formula is C56H105NO3. The average Bonchev–Trinajstić information content (AvgIpc) is 3.25. The minimum Gasteiger partial charge on any atom is -0.394 e. The first kappa shape index (κ1) is 58.4. The maximum absolute atomic E-state index is 12.4. The van der Waals surface area contributed by atoms with E-state index in [0.717, 1.165) is 38.5 Å². The second-order valence-corrected chi connectivity index (χ2v) is 18.3. The van der Waals surface area contributed by atoms with Crippen molar-refractivity contribution in [3.8, 4) is 0 Å². The second kappa shape index (κ2) is 51.7. The van der Waals surface area contributed by atoms with Crippen LogP contribution in [-0.4, -0.2) is 34.9 Å². The molecule has 1 amide bonds. The zero-order valence-electron chi connectivity index (χ0n) is 40.5. The van der Waals surface area contributed by atoms with Crippen LogP contribution in [0.5, 0.6) is 0 Å². The van der Waals surface area contributed by atoms with E-state index < -0.39 is 12.1 Å². The lowest BCUT2D eigenvalue weighted by atomic mass is 10.0. The van der Waals surface area contributed by atoms with Gasteiger partial charge in [-0.1, -0.05) is 261 Å². The monoisotopic (exact) mass is 840 g/mol. The predicted molar refractivity (Wildman–Crippen MR) is 267 cm³/mol. The Morgan fingerprint density at radius 2 is 0.717 bits per heavy atom. The Kier molecular flexibility index (Phi) is 50.3. The van der Waals surface area contributed by atoms with Gasteiger partial charge in [0.2, 0.25) is 5.91 Å². The number of carbonyl (C=O) groups is 1. The first-order chi connectivity index (χ1) is 29.7. The smallest absolute Gasteiger partial charge is 0.220 e. The van der Waals surface area contributed by atoms with Gasteiger partial charge in [0.05, 0.1) is 18.8 Å². The van der Waals surface area contributed by atoms with Crippen molar-refractivity contribution in [1.29, 1.82) is 0 Å². The van der Waals surface area contributed by atoms with Crippen molar-refractivity contribution >= 4 is 5.91 Å². The van der Waals surface area contributed by atoms with Gasteiger partial charge in [-0.25, -0.2) is 0 Å². The van der Waals surface area contributed by atoms with Gasteiger partial charge in [0.1, 0.15) is 0 Å². The molecule has 4 nitrogen and oxygen atoms in total. The molecule has 0 heterocycles. The molecule has 0 saturated carbocycles. The molecule has 2 atom stereocenters. The quantitative estimate of drug-likeness (QED) is 0.0422. The summed E-state index contributed by atoms with van der Waals surface area (Å²) in [6.45, 7) is 4.08. The fraction of sp³-hybridized carbons (Fsp3) is 0.839. The summed E-state index contributed by atoms with van der Waals surface area (Å²) in [4.78, 5) is 12.4. The molecule has 0 aromatic carbocycles. The highest BCUT2D eigenvalue weighted by atomic mass is 16.3. The van der Waals surface area contributed by atoms with Gasteiger partial charge in [0.15, 0.2) is 0 Å². The molecule has 2 unspecified atom stereocenters. The van der Waals surface area contributed by atoms with Crippen molar-refractivity contribution in [1.82, 2.24) is 5.32 Å². The molecule has 4 heteroatoms. The Morgan fingerprint density at radius 1 is 0.417 bits per heavy atom. The third-order valence-corrected chi connectivity index (χ3v) is 12.4. The van der Waals surface area contributed by atoms with Crippen LogP contribution in [0.2, 0.25) is 0 Å². The summed E-state index contributed by atoms with van der Waals surface area (Å²) in [5.41, 5.74) is 0. The van der Waals surface area contributed by atoms with Crippen LogP contribution < -0.4 is 5.32 Å². The summed E-state index contributed by atoms with van der Waals surface area (Å²) in [6.07, 6.45) is 71.8. The van der Waals surface area contributed by atoms with Gasteiger partial charge in [-0.05, 0) is 64.7 Å². The number of hydrogen-bond acceptors (Lipinski definition) is 3. The number of aliphatic hydroxyl groups excluding tert-OH is 2. The van der Waals surface area contributed by atoms with E-state index in [9.17, 15) is 15.0 Å². The van der Waals surface area contributed by atoms with E-state index in [0.29, 0.717) is 6.42 Å². The normalized spacial score (nSPS) is 13.2. The van der Waals surface area contributed by atoms with Crippen LogP contribution in [0, 0.1) is 0 Å². The number of hydrogen-bond donors (Lipinski definition) is 3. The number of aliphatic hydroxyl groups is 2. The summed E-state index contributed by atoms with van der Waals surface area (Å²) in [5, 5.41) is 22.9. The Hall–Kier alpha value is -1.65. The molecule has 0 aliphatic rings. The number of allylic oxidation sites excluding steroid dienone is 7. The van der Waals surface area contributed by atoms with E-state index in [1.54, 1.807) is 6.08 Å². The first-order valence-electron chi connectivity index (χ1n) is 26.8. The number of nitrogens with one attached hydrogen (secondary N) is 1. The van der Waals surface area contributed by atoms with Gasteiger partial charge >= 0.3 is 0 Å². The van der Waals surface area contributed by atoms with E-state index in [2.05, 4.69) is 48.7 Å². The van der Waals surface area contributed by atoms with Gasteiger partial charge in [-0.2, -0.15) is 0 Å². The number of carbonyl (C=O) groups excluding carboxylic acids is 1. The fourth-order valence-electron chi connectivity index (χ4n) is 8.27. The molecule has 0 aliphatic heterocycles. The fourth-order valence-corrected chi connectivity index (χ4v) is 8.27. The lowest BCUT2D eigenvalue weighted by Crippen LogP contribution is -2.45. The topological polar surface area (TPSA) is 69.6 Å². The standard InChI is InChI=1S/C56H105NO3/c1-3-5-7-9-11-13-14-15-16-17-18-19-20-21-22-23-24-25-26-27-28-29-30-31-32-33-34-35-36-37-38-39-40-41-42-44-46-48-50-52-56(60)57-54(53-58)55(59)51-49-47-45-43-12-10-8-6-4-2/h4,6,12,27-28,43,49,51,54-55,58-59H,3,5,7-11,13-26,29-42,44-48,50,52-53H2,1-2H3,(H,57,60)/b6-4+,28-27-,43-12+,51-49+. The van der Waals surface area contributed by atoms with Crippen LogP contribution in [0.15, 0.2) is 48.6 Å². The molecule has 0 aliphatic carbocycles. The maximum Gasteiger partial charge on any atom is 0.220 e. The molecule has 0 fully saturated rings. The van der Waals surface area contributed by atoms with Crippen molar-refractivity contribution in [2.24, 2.45) is 0 Å². The number of unbranched alkanes of at least 4 members (excludes halogenated alkanes) is 37. The molecule has 0 aromatic heterocycles. The van der Waals surface area contributed by atoms with Crippen LogP contribution >= 0.6 is 0 Å². The molecule has 352 valence electrons. The van der Waals surface area contributed by atoms with Crippen LogP contribution in [0.3, 0.4) is 0 Å². The summed E-state index contributed by atoms with van der Waals surface area (Å²) in [7, 11) is 0. The Morgan fingerprint density at radius 3 is 1.07 bits per heavy atom. The molecule has 0 spiro atoms. The van der Waals surface area contributed by atoms with Crippen molar-refractivity contribution in [3.63, 3.8) is 0 Å². The van der Waals surface area contributed by atoms with E-state index in [1.807, 2.05) is 13.0 Å². The van der Waals surface area contributed by atoms with Crippen molar-refractivity contribution < 1.29 is 15.0 Å². The summed E-state index contributed by atoms with van der Waals surface area (Å²) < 4.78 is 0. The Balaban J connectivity index is 3.35. The van der Waals surface area contributed by atoms with Crippen LogP contribution in [0.25, 0.3) is 0 Å². The van der Waals surface area contributed by atoms with Gasteiger partial charge in [0, 0.05) is 6.42 Å². The highest BCUT2D eigenvalue weighted by Gasteiger charge is 2.17.